The molecule has 0 radical (unpaired) electrons. The van der Waals surface area contributed by atoms with Gasteiger partial charge < -0.3 is 14.8 Å². The van der Waals surface area contributed by atoms with Crippen LogP contribution in [0.5, 0.6) is 5.88 Å². The van der Waals surface area contributed by atoms with Crippen molar-refractivity contribution < 1.29 is 23.9 Å². The van der Waals surface area contributed by atoms with Crippen molar-refractivity contribution >= 4 is 35.3 Å². The maximum absolute atomic E-state index is 13.6. The Balaban J connectivity index is 1.83. The second-order valence-corrected chi connectivity index (χ2v) is 9.60. The lowest BCUT2D eigenvalue weighted by atomic mass is 9.98. The zero-order valence-corrected chi connectivity index (χ0v) is 23.3. The summed E-state index contributed by atoms with van der Waals surface area (Å²) in [5.41, 5.74) is 2.11. The van der Waals surface area contributed by atoms with Gasteiger partial charge in [0.15, 0.2) is 5.78 Å². The first-order chi connectivity index (χ1) is 19.8. The summed E-state index contributed by atoms with van der Waals surface area (Å²) in [4.78, 5) is 50.7. The number of aldehydes is 1. The monoisotopic (exact) mass is 573 g/mol. The van der Waals surface area contributed by atoms with Crippen molar-refractivity contribution in [1.82, 2.24) is 9.78 Å². The Hall–Kier alpha value is -4.60. The molecule has 0 aliphatic rings. The van der Waals surface area contributed by atoms with Crippen LogP contribution >= 0.6 is 11.6 Å². The molecule has 0 aliphatic heterocycles. The normalized spacial score (nSPS) is 11.5. The molecule has 0 spiro atoms. The van der Waals surface area contributed by atoms with Gasteiger partial charge in [-0.05, 0) is 60.5 Å². The standard InChI is InChI=1S/C31H28ClN3O6/c1-20(37)25-13-10-23(32)17-26(25)27-18-29(38)35(34-31(27)41-15-14-40-2)28(16-21-6-4-3-5-7-21)30(39)33-24-11-8-22(19-36)9-12-24/h3-13,17-19,28H,14-16H2,1-2H3,(H,33,39). The van der Waals surface area contributed by atoms with Crippen LogP contribution in [0.1, 0.15) is 39.2 Å². The number of amides is 1. The van der Waals surface area contributed by atoms with Crippen molar-refractivity contribution in [2.75, 3.05) is 25.6 Å². The quantitative estimate of drug-likeness (QED) is 0.144. The van der Waals surface area contributed by atoms with E-state index in [1.165, 1.54) is 20.1 Å². The number of carbonyl (C=O) groups excluding carboxylic acids is 3. The van der Waals surface area contributed by atoms with Crippen LogP contribution in [0.25, 0.3) is 11.1 Å². The van der Waals surface area contributed by atoms with E-state index < -0.39 is 17.5 Å². The summed E-state index contributed by atoms with van der Waals surface area (Å²) >= 11 is 6.25. The van der Waals surface area contributed by atoms with Crippen LogP contribution in [0.3, 0.4) is 0 Å². The number of anilines is 1. The third kappa shape index (κ3) is 7.33. The molecule has 0 bridgehead atoms. The summed E-state index contributed by atoms with van der Waals surface area (Å²) in [5, 5.41) is 7.67. The first-order valence-corrected chi connectivity index (χ1v) is 13.1. The number of hydrogen-bond donors (Lipinski definition) is 1. The van der Waals surface area contributed by atoms with E-state index in [9.17, 15) is 19.2 Å². The molecule has 41 heavy (non-hydrogen) atoms. The van der Waals surface area contributed by atoms with Gasteiger partial charge in [0.25, 0.3) is 5.56 Å². The number of carbonyl (C=O) groups is 3. The lowest BCUT2D eigenvalue weighted by molar-refractivity contribution is -0.119. The van der Waals surface area contributed by atoms with Gasteiger partial charge in [0.05, 0.1) is 12.2 Å². The van der Waals surface area contributed by atoms with E-state index in [4.69, 9.17) is 21.1 Å². The third-order valence-corrected chi connectivity index (χ3v) is 6.52. The van der Waals surface area contributed by atoms with Crippen molar-refractivity contribution in [2.45, 2.75) is 19.4 Å². The molecule has 1 N–H and O–H groups in total. The highest BCUT2D eigenvalue weighted by molar-refractivity contribution is 6.31. The molecule has 0 saturated carbocycles. The highest BCUT2D eigenvalue weighted by Crippen LogP contribution is 2.33. The van der Waals surface area contributed by atoms with Gasteiger partial charge in [-0.25, -0.2) is 4.68 Å². The molecule has 1 heterocycles. The number of Topliss-reactive ketones (excluding diaryl/α,β-unsaturated/α-hetero) is 1. The predicted molar refractivity (Wildman–Crippen MR) is 156 cm³/mol. The van der Waals surface area contributed by atoms with Crippen molar-refractivity contribution in [3.05, 3.63) is 111 Å². The van der Waals surface area contributed by atoms with Gasteiger partial charge in [0.2, 0.25) is 11.8 Å². The first kappa shape index (κ1) is 29.4. The largest absolute Gasteiger partial charge is 0.474 e. The minimum atomic E-state index is -1.07. The maximum Gasteiger partial charge on any atom is 0.268 e. The van der Waals surface area contributed by atoms with Gasteiger partial charge in [-0.1, -0.05) is 41.9 Å². The Morgan fingerprint density at radius 1 is 1.00 bits per heavy atom. The Morgan fingerprint density at radius 2 is 1.73 bits per heavy atom. The molecule has 210 valence electrons. The average molecular weight is 574 g/mol. The average Bonchev–Trinajstić information content (AvgIpc) is 2.97. The second kappa shape index (κ2) is 13.6. The van der Waals surface area contributed by atoms with Crippen LogP contribution in [-0.4, -0.2) is 48.1 Å². The van der Waals surface area contributed by atoms with Crippen LogP contribution in [0.15, 0.2) is 83.7 Å². The molecule has 1 unspecified atom stereocenters. The lowest BCUT2D eigenvalue weighted by Gasteiger charge is -2.21. The Bertz CT molecular complexity index is 1600. The maximum atomic E-state index is 13.6. The van der Waals surface area contributed by atoms with E-state index in [1.807, 2.05) is 30.3 Å². The molecule has 4 rings (SSSR count). The number of hydrogen-bond acceptors (Lipinski definition) is 7. The fourth-order valence-electron chi connectivity index (χ4n) is 4.24. The van der Waals surface area contributed by atoms with E-state index in [0.717, 1.165) is 10.2 Å². The minimum absolute atomic E-state index is 0.0348. The van der Waals surface area contributed by atoms with Crippen LogP contribution < -0.4 is 15.6 Å². The number of nitrogens with zero attached hydrogens (tertiary/aromatic N) is 2. The zero-order chi connectivity index (χ0) is 29.4. The number of aromatic nitrogens is 2. The SMILES string of the molecule is COCCOc1nn(C(Cc2ccccc2)C(=O)Nc2ccc(C=O)cc2)c(=O)cc1-c1cc(Cl)ccc1C(C)=O. The number of rotatable bonds is 12. The summed E-state index contributed by atoms with van der Waals surface area (Å²) in [6.07, 6.45) is 0.857. The van der Waals surface area contributed by atoms with E-state index in [1.54, 1.807) is 42.5 Å². The molecule has 9 nitrogen and oxygen atoms in total. The van der Waals surface area contributed by atoms with E-state index in [2.05, 4.69) is 10.4 Å². The Morgan fingerprint density at radius 3 is 2.39 bits per heavy atom. The number of benzene rings is 3. The summed E-state index contributed by atoms with van der Waals surface area (Å²) in [6.45, 7) is 1.75. The van der Waals surface area contributed by atoms with Crippen LogP contribution in [-0.2, 0) is 16.0 Å². The highest BCUT2D eigenvalue weighted by Gasteiger charge is 2.26. The molecule has 1 amide bonds. The van der Waals surface area contributed by atoms with Gasteiger partial charge in [-0.3, -0.25) is 19.2 Å². The number of ketones is 1. The molecule has 0 fully saturated rings. The highest BCUT2D eigenvalue weighted by atomic mass is 35.5. The fourth-order valence-corrected chi connectivity index (χ4v) is 4.41. The van der Waals surface area contributed by atoms with Crippen LogP contribution in [0.4, 0.5) is 5.69 Å². The van der Waals surface area contributed by atoms with E-state index >= 15 is 0 Å². The Kier molecular flexibility index (Phi) is 9.78. The molecule has 1 aromatic heterocycles. The van der Waals surface area contributed by atoms with Crippen molar-refractivity contribution in [3.8, 4) is 17.0 Å². The smallest absolute Gasteiger partial charge is 0.268 e. The molecule has 1 atom stereocenters. The third-order valence-electron chi connectivity index (χ3n) is 6.28. The molecule has 0 saturated heterocycles. The number of ether oxygens (including phenoxy) is 2. The van der Waals surface area contributed by atoms with Gasteiger partial charge in [0, 0.05) is 41.4 Å². The van der Waals surface area contributed by atoms with E-state index in [0.29, 0.717) is 33.7 Å². The zero-order valence-electron chi connectivity index (χ0n) is 22.5. The number of methoxy groups -OCH3 is 1. The van der Waals surface area contributed by atoms with E-state index in [-0.39, 0.29) is 36.9 Å². The van der Waals surface area contributed by atoms with Gasteiger partial charge in [0.1, 0.15) is 18.9 Å². The number of halogens is 1. The van der Waals surface area contributed by atoms with Crippen molar-refractivity contribution in [1.29, 1.82) is 0 Å². The summed E-state index contributed by atoms with van der Waals surface area (Å²) in [5.74, 6) is -0.691. The molecule has 10 heteroatoms. The van der Waals surface area contributed by atoms with Gasteiger partial charge in [-0.15, -0.1) is 5.10 Å². The molecule has 3 aromatic carbocycles. The lowest BCUT2D eigenvalue weighted by Crippen LogP contribution is -2.36. The second-order valence-electron chi connectivity index (χ2n) is 9.17. The summed E-state index contributed by atoms with van der Waals surface area (Å²) < 4.78 is 12.1. The Labute approximate surface area is 241 Å². The predicted octanol–water partition coefficient (Wildman–Crippen LogP) is 5.03. The summed E-state index contributed by atoms with van der Waals surface area (Å²) in [6, 6.07) is 20.5. The molecule has 0 aliphatic carbocycles. The summed E-state index contributed by atoms with van der Waals surface area (Å²) in [7, 11) is 1.52. The van der Waals surface area contributed by atoms with Crippen LogP contribution in [0.2, 0.25) is 5.02 Å². The molecular formula is C31H28ClN3O6. The van der Waals surface area contributed by atoms with Gasteiger partial charge >= 0.3 is 0 Å². The van der Waals surface area contributed by atoms with Crippen molar-refractivity contribution in [3.63, 3.8) is 0 Å². The molecule has 4 aromatic rings. The fraction of sp³-hybridized carbons (Fsp3) is 0.194. The van der Waals surface area contributed by atoms with Crippen LogP contribution in [0, 0.1) is 0 Å². The molecular weight excluding hydrogens is 546 g/mol. The minimum Gasteiger partial charge on any atom is -0.474 e. The van der Waals surface area contributed by atoms with Crippen molar-refractivity contribution in [2.24, 2.45) is 0 Å². The first-order valence-electron chi connectivity index (χ1n) is 12.8. The topological polar surface area (TPSA) is 117 Å². The van der Waals surface area contributed by atoms with Gasteiger partial charge in [-0.2, -0.15) is 0 Å². The number of nitrogens with one attached hydrogen (secondary N) is 1.